The lowest BCUT2D eigenvalue weighted by atomic mass is 10.2. The van der Waals surface area contributed by atoms with Gasteiger partial charge >= 0.3 is 5.97 Å². The molecule has 0 aliphatic carbocycles. The third-order valence-electron chi connectivity index (χ3n) is 3.49. The first-order valence-corrected chi connectivity index (χ1v) is 7.41. The second-order valence-corrected chi connectivity index (χ2v) is 5.09. The fraction of sp³-hybridized carbons (Fsp3) is 0.500. The SMILES string of the molecule is COC(=O)c1ccc(OCC(=O)NC[C@H]2CCCO2)c(OC)c1. The van der Waals surface area contributed by atoms with Crippen LogP contribution in [0.15, 0.2) is 18.2 Å². The maximum atomic E-state index is 11.8. The lowest BCUT2D eigenvalue weighted by Gasteiger charge is -2.13. The fourth-order valence-electron chi connectivity index (χ4n) is 2.26. The number of benzene rings is 1. The molecule has 1 aromatic rings. The zero-order valence-corrected chi connectivity index (χ0v) is 13.3. The molecule has 7 nitrogen and oxygen atoms in total. The Kier molecular flexibility index (Phi) is 6.22. The lowest BCUT2D eigenvalue weighted by Crippen LogP contribution is -2.35. The zero-order chi connectivity index (χ0) is 16.7. The molecular formula is C16H21NO6. The molecule has 0 spiro atoms. The Bertz CT molecular complexity index is 554. The standard InChI is InChI=1S/C16H21NO6/c1-20-14-8-11(16(19)21-2)5-6-13(14)23-10-15(18)17-9-12-4-3-7-22-12/h5-6,8,12H,3-4,7,9-10H2,1-2H3,(H,17,18)/t12-/m1/s1. The summed E-state index contributed by atoms with van der Waals surface area (Å²) in [4.78, 5) is 23.3. The molecule has 0 unspecified atom stereocenters. The van der Waals surface area contributed by atoms with E-state index in [0.29, 0.717) is 23.6 Å². The van der Waals surface area contributed by atoms with Gasteiger partial charge in [-0.3, -0.25) is 4.79 Å². The van der Waals surface area contributed by atoms with E-state index in [2.05, 4.69) is 10.1 Å². The van der Waals surface area contributed by atoms with Gasteiger partial charge in [-0.2, -0.15) is 0 Å². The summed E-state index contributed by atoms with van der Waals surface area (Å²) >= 11 is 0. The number of nitrogens with one attached hydrogen (secondary N) is 1. The highest BCUT2D eigenvalue weighted by molar-refractivity contribution is 5.90. The number of amides is 1. The number of carbonyl (C=O) groups excluding carboxylic acids is 2. The molecule has 1 fully saturated rings. The maximum Gasteiger partial charge on any atom is 0.337 e. The van der Waals surface area contributed by atoms with E-state index >= 15 is 0 Å². The summed E-state index contributed by atoms with van der Waals surface area (Å²) in [5, 5.41) is 2.77. The first-order chi connectivity index (χ1) is 11.1. The Labute approximate surface area is 134 Å². The first-order valence-electron chi connectivity index (χ1n) is 7.41. The highest BCUT2D eigenvalue weighted by Crippen LogP contribution is 2.28. The molecule has 0 radical (unpaired) electrons. The molecule has 1 aliphatic heterocycles. The van der Waals surface area contributed by atoms with Crippen LogP contribution in [0.1, 0.15) is 23.2 Å². The van der Waals surface area contributed by atoms with Crippen molar-refractivity contribution in [2.75, 3.05) is 34.0 Å². The van der Waals surface area contributed by atoms with Gasteiger partial charge in [0.15, 0.2) is 18.1 Å². The largest absolute Gasteiger partial charge is 0.493 e. The molecule has 7 heteroatoms. The van der Waals surface area contributed by atoms with E-state index < -0.39 is 5.97 Å². The van der Waals surface area contributed by atoms with Gasteiger partial charge in [0.05, 0.1) is 25.9 Å². The van der Waals surface area contributed by atoms with E-state index in [1.165, 1.54) is 20.3 Å². The predicted molar refractivity (Wildman–Crippen MR) is 81.8 cm³/mol. The maximum absolute atomic E-state index is 11.8. The molecule has 1 aliphatic rings. The summed E-state index contributed by atoms with van der Waals surface area (Å²) in [7, 11) is 2.76. The van der Waals surface area contributed by atoms with Gasteiger partial charge in [-0.1, -0.05) is 0 Å². The van der Waals surface area contributed by atoms with E-state index in [4.69, 9.17) is 14.2 Å². The van der Waals surface area contributed by atoms with Gasteiger partial charge in [-0.05, 0) is 31.0 Å². The van der Waals surface area contributed by atoms with Crippen LogP contribution in [0, 0.1) is 0 Å². The van der Waals surface area contributed by atoms with Gasteiger partial charge in [0.1, 0.15) is 0 Å². The van der Waals surface area contributed by atoms with Gasteiger partial charge in [-0.25, -0.2) is 4.79 Å². The molecule has 126 valence electrons. The van der Waals surface area contributed by atoms with Crippen LogP contribution in [-0.4, -0.2) is 52.0 Å². The summed E-state index contributed by atoms with van der Waals surface area (Å²) in [6, 6.07) is 4.62. The lowest BCUT2D eigenvalue weighted by molar-refractivity contribution is -0.123. The third kappa shape index (κ3) is 4.85. The van der Waals surface area contributed by atoms with Gasteiger partial charge in [0.2, 0.25) is 0 Å². The number of hydrogen-bond acceptors (Lipinski definition) is 6. The van der Waals surface area contributed by atoms with Gasteiger partial charge in [0.25, 0.3) is 5.91 Å². The minimum atomic E-state index is -0.468. The summed E-state index contributed by atoms with van der Waals surface area (Å²) < 4.78 is 20.7. The topological polar surface area (TPSA) is 83.1 Å². The Morgan fingerprint density at radius 2 is 2.13 bits per heavy atom. The second-order valence-electron chi connectivity index (χ2n) is 5.09. The zero-order valence-electron chi connectivity index (χ0n) is 13.3. The molecule has 0 aromatic heterocycles. The van der Waals surface area contributed by atoms with E-state index in [0.717, 1.165) is 19.4 Å². The summed E-state index contributed by atoms with van der Waals surface area (Å²) in [6.07, 6.45) is 2.08. The average Bonchev–Trinajstić information content (AvgIpc) is 3.10. The van der Waals surface area contributed by atoms with E-state index in [1.54, 1.807) is 12.1 Å². The number of methoxy groups -OCH3 is 2. The number of ether oxygens (including phenoxy) is 4. The molecule has 1 aromatic carbocycles. The van der Waals surface area contributed by atoms with Crippen LogP contribution in [0.4, 0.5) is 0 Å². The predicted octanol–water partition coefficient (Wildman–Crippen LogP) is 1.16. The molecule has 1 saturated heterocycles. The van der Waals surface area contributed by atoms with Crippen LogP contribution >= 0.6 is 0 Å². The average molecular weight is 323 g/mol. The van der Waals surface area contributed by atoms with Crippen LogP contribution in [0.25, 0.3) is 0 Å². The van der Waals surface area contributed by atoms with E-state index in [1.807, 2.05) is 0 Å². The molecule has 2 rings (SSSR count). The normalized spacial score (nSPS) is 16.7. The highest BCUT2D eigenvalue weighted by Gasteiger charge is 2.17. The van der Waals surface area contributed by atoms with Crippen molar-refractivity contribution in [1.29, 1.82) is 0 Å². The van der Waals surface area contributed by atoms with Crippen molar-refractivity contribution in [3.63, 3.8) is 0 Å². The van der Waals surface area contributed by atoms with E-state index in [-0.39, 0.29) is 18.6 Å². The number of esters is 1. The van der Waals surface area contributed by atoms with Crippen molar-refractivity contribution in [1.82, 2.24) is 5.32 Å². The number of rotatable bonds is 7. The van der Waals surface area contributed by atoms with Gasteiger partial charge in [0, 0.05) is 13.2 Å². The van der Waals surface area contributed by atoms with Crippen molar-refractivity contribution in [3.8, 4) is 11.5 Å². The van der Waals surface area contributed by atoms with Crippen molar-refractivity contribution < 1.29 is 28.5 Å². The van der Waals surface area contributed by atoms with Crippen LogP contribution in [0.5, 0.6) is 11.5 Å². The van der Waals surface area contributed by atoms with Crippen molar-refractivity contribution in [2.45, 2.75) is 18.9 Å². The monoisotopic (exact) mass is 323 g/mol. The Morgan fingerprint density at radius 3 is 2.78 bits per heavy atom. The molecule has 1 atom stereocenters. The first kappa shape index (κ1) is 17.1. The highest BCUT2D eigenvalue weighted by atomic mass is 16.5. The summed E-state index contributed by atoms with van der Waals surface area (Å²) in [6.45, 7) is 1.10. The van der Waals surface area contributed by atoms with Crippen LogP contribution < -0.4 is 14.8 Å². The van der Waals surface area contributed by atoms with Gasteiger partial charge < -0.3 is 24.3 Å². The van der Waals surface area contributed by atoms with Crippen molar-refractivity contribution in [3.05, 3.63) is 23.8 Å². The minimum absolute atomic E-state index is 0.0906. The Hall–Kier alpha value is -2.28. The Morgan fingerprint density at radius 1 is 1.30 bits per heavy atom. The summed E-state index contributed by atoms with van der Waals surface area (Å²) in [5.74, 6) is 0.0380. The van der Waals surface area contributed by atoms with Crippen molar-refractivity contribution >= 4 is 11.9 Å². The molecule has 0 saturated carbocycles. The second kappa shape index (κ2) is 8.38. The van der Waals surface area contributed by atoms with Crippen LogP contribution in [0.3, 0.4) is 0 Å². The molecule has 1 N–H and O–H groups in total. The third-order valence-corrected chi connectivity index (χ3v) is 3.49. The van der Waals surface area contributed by atoms with Gasteiger partial charge in [-0.15, -0.1) is 0 Å². The molecule has 1 amide bonds. The fourth-order valence-corrected chi connectivity index (χ4v) is 2.26. The molecule has 0 bridgehead atoms. The minimum Gasteiger partial charge on any atom is -0.493 e. The van der Waals surface area contributed by atoms with Crippen molar-refractivity contribution in [2.24, 2.45) is 0 Å². The smallest absolute Gasteiger partial charge is 0.337 e. The Balaban J connectivity index is 1.86. The number of hydrogen-bond donors (Lipinski definition) is 1. The molecule has 1 heterocycles. The van der Waals surface area contributed by atoms with Crippen LogP contribution in [-0.2, 0) is 14.3 Å². The van der Waals surface area contributed by atoms with E-state index in [9.17, 15) is 9.59 Å². The quantitative estimate of drug-likeness (QED) is 0.758. The summed E-state index contributed by atoms with van der Waals surface area (Å²) in [5.41, 5.74) is 0.347. The molecule has 23 heavy (non-hydrogen) atoms. The van der Waals surface area contributed by atoms with Crippen LogP contribution in [0.2, 0.25) is 0 Å². The number of carbonyl (C=O) groups is 2. The molecular weight excluding hydrogens is 302 g/mol.